The van der Waals surface area contributed by atoms with Gasteiger partial charge in [-0.3, -0.25) is 19.7 Å². The molecule has 34 heavy (non-hydrogen) atoms. The van der Waals surface area contributed by atoms with Crippen LogP contribution in [-0.2, 0) is 4.79 Å². The van der Waals surface area contributed by atoms with E-state index >= 15 is 0 Å². The predicted octanol–water partition coefficient (Wildman–Crippen LogP) is 1.58. The highest BCUT2D eigenvalue weighted by atomic mass is 16.6. The third-order valence-corrected chi connectivity index (χ3v) is 6.35. The summed E-state index contributed by atoms with van der Waals surface area (Å²) in [6.07, 6.45) is 3.22. The van der Waals surface area contributed by atoms with Gasteiger partial charge in [-0.1, -0.05) is 6.42 Å². The summed E-state index contributed by atoms with van der Waals surface area (Å²) in [6.45, 7) is 3.08. The number of nitro groups is 1. The number of primary amides is 1. The second-order valence-electron chi connectivity index (χ2n) is 8.67. The molecule has 2 heterocycles. The SMILES string of the molecule is CN1CCN(C(=O)c2ccc(Nc3ncc([N+](=O)[O-])c(N[C@@H]4CCC[C@@H]4C(N)=O)n3)cc2)CC1. The molecule has 1 aliphatic heterocycles. The smallest absolute Gasteiger partial charge is 0.329 e. The number of carbonyl (C=O) groups excluding carboxylic acids is 2. The van der Waals surface area contributed by atoms with Crippen LogP contribution in [0.25, 0.3) is 0 Å². The van der Waals surface area contributed by atoms with E-state index in [9.17, 15) is 19.7 Å². The molecule has 1 aromatic heterocycles. The van der Waals surface area contributed by atoms with Crippen molar-refractivity contribution in [3.05, 3.63) is 46.1 Å². The molecule has 2 aliphatic rings. The van der Waals surface area contributed by atoms with Crippen molar-refractivity contribution in [1.82, 2.24) is 19.8 Å². The number of aromatic nitrogens is 2. The van der Waals surface area contributed by atoms with Crippen LogP contribution in [0.15, 0.2) is 30.5 Å². The third-order valence-electron chi connectivity index (χ3n) is 6.35. The van der Waals surface area contributed by atoms with E-state index in [1.54, 1.807) is 24.3 Å². The van der Waals surface area contributed by atoms with Crippen molar-refractivity contribution in [3.63, 3.8) is 0 Å². The average Bonchev–Trinajstić information content (AvgIpc) is 3.28. The summed E-state index contributed by atoms with van der Waals surface area (Å²) in [5, 5.41) is 17.5. The number of anilines is 3. The molecule has 1 aromatic carbocycles. The molecular formula is C22H28N8O4. The molecule has 0 unspecified atom stereocenters. The molecule has 12 nitrogen and oxygen atoms in total. The van der Waals surface area contributed by atoms with Gasteiger partial charge in [-0.2, -0.15) is 4.98 Å². The van der Waals surface area contributed by atoms with Gasteiger partial charge in [-0.25, -0.2) is 4.98 Å². The monoisotopic (exact) mass is 468 g/mol. The Hall–Kier alpha value is -3.80. The molecule has 12 heteroatoms. The fraction of sp³-hybridized carbons (Fsp3) is 0.455. The van der Waals surface area contributed by atoms with Gasteiger partial charge in [0.15, 0.2) is 0 Å². The quantitative estimate of drug-likeness (QED) is 0.405. The van der Waals surface area contributed by atoms with E-state index in [4.69, 9.17) is 5.73 Å². The predicted molar refractivity (Wildman–Crippen MR) is 126 cm³/mol. The van der Waals surface area contributed by atoms with E-state index < -0.39 is 16.7 Å². The van der Waals surface area contributed by atoms with Crippen molar-refractivity contribution in [2.45, 2.75) is 25.3 Å². The van der Waals surface area contributed by atoms with Gasteiger partial charge in [0.1, 0.15) is 6.20 Å². The van der Waals surface area contributed by atoms with Gasteiger partial charge < -0.3 is 26.2 Å². The number of nitrogens with zero attached hydrogens (tertiary/aromatic N) is 5. The Morgan fingerprint density at radius 2 is 1.85 bits per heavy atom. The van der Waals surface area contributed by atoms with Crippen LogP contribution < -0.4 is 16.4 Å². The molecule has 1 saturated carbocycles. The van der Waals surface area contributed by atoms with Crippen LogP contribution >= 0.6 is 0 Å². The molecule has 4 N–H and O–H groups in total. The van der Waals surface area contributed by atoms with Gasteiger partial charge >= 0.3 is 5.69 Å². The van der Waals surface area contributed by atoms with Crippen LogP contribution in [0.3, 0.4) is 0 Å². The normalized spacial score (nSPS) is 20.7. The second kappa shape index (κ2) is 10.00. The summed E-state index contributed by atoms with van der Waals surface area (Å²) in [6, 6.07) is 6.61. The van der Waals surface area contributed by atoms with Crippen LogP contribution in [0.5, 0.6) is 0 Å². The van der Waals surface area contributed by atoms with Crippen LogP contribution in [0.4, 0.5) is 23.1 Å². The third kappa shape index (κ3) is 5.22. The average molecular weight is 469 g/mol. The number of nitrogens with two attached hydrogens (primary N) is 1. The van der Waals surface area contributed by atoms with Gasteiger partial charge in [-0.05, 0) is 44.2 Å². The highest BCUT2D eigenvalue weighted by molar-refractivity contribution is 5.94. The summed E-state index contributed by atoms with van der Waals surface area (Å²) >= 11 is 0. The number of hydrogen-bond donors (Lipinski definition) is 3. The molecule has 0 bridgehead atoms. The van der Waals surface area contributed by atoms with E-state index in [0.29, 0.717) is 37.2 Å². The lowest BCUT2D eigenvalue weighted by molar-refractivity contribution is -0.384. The molecule has 1 saturated heterocycles. The van der Waals surface area contributed by atoms with E-state index in [-0.39, 0.29) is 29.4 Å². The first kappa shape index (κ1) is 23.4. The number of piperazine rings is 1. The fourth-order valence-corrected chi connectivity index (χ4v) is 4.34. The van der Waals surface area contributed by atoms with E-state index in [0.717, 1.165) is 25.7 Å². The largest absolute Gasteiger partial charge is 0.369 e. The Balaban J connectivity index is 1.47. The van der Waals surface area contributed by atoms with Crippen LogP contribution in [-0.4, -0.2) is 75.8 Å². The van der Waals surface area contributed by atoms with Crippen molar-refractivity contribution >= 4 is 35.0 Å². The number of hydrogen-bond acceptors (Lipinski definition) is 9. The molecule has 2 amide bonds. The van der Waals surface area contributed by atoms with Gasteiger partial charge in [0, 0.05) is 43.5 Å². The van der Waals surface area contributed by atoms with Gasteiger partial charge in [-0.15, -0.1) is 0 Å². The van der Waals surface area contributed by atoms with Crippen molar-refractivity contribution in [3.8, 4) is 0 Å². The molecule has 2 fully saturated rings. The Kier molecular flexibility index (Phi) is 6.87. The maximum atomic E-state index is 12.7. The minimum atomic E-state index is -0.570. The standard InChI is InChI=1S/C22H28N8O4/c1-28-9-11-29(12-10-28)21(32)14-5-7-15(8-6-14)25-22-24-13-18(30(33)34)20(27-22)26-17-4-2-3-16(17)19(23)31/h5-8,13,16-17H,2-4,9-12H2,1H3,(H2,23,31)(H2,24,25,26,27)/t16-,17+/m0/s1. The first-order valence-corrected chi connectivity index (χ1v) is 11.2. The van der Waals surface area contributed by atoms with Crippen molar-refractivity contribution in [2.75, 3.05) is 43.9 Å². The van der Waals surface area contributed by atoms with E-state index in [1.165, 1.54) is 0 Å². The maximum Gasteiger partial charge on any atom is 0.329 e. The van der Waals surface area contributed by atoms with Crippen LogP contribution in [0.2, 0.25) is 0 Å². The summed E-state index contributed by atoms with van der Waals surface area (Å²) in [5.41, 5.74) is 6.40. The zero-order valence-electron chi connectivity index (χ0n) is 18.9. The summed E-state index contributed by atoms with van der Waals surface area (Å²) in [5.74, 6) is -0.673. The highest BCUT2D eigenvalue weighted by Crippen LogP contribution is 2.31. The topological polar surface area (TPSA) is 160 Å². The zero-order valence-corrected chi connectivity index (χ0v) is 18.9. The minimum Gasteiger partial charge on any atom is -0.369 e. The summed E-state index contributed by atoms with van der Waals surface area (Å²) in [4.78, 5) is 47.7. The lowest BCUT2D eigenvalue weighted by Gasteiger charge is -2.32. The molecule has 2 atom stereocenters. The van der Waals surface area contributed by atoms with Crippen LogP contribution in [0, 0.1) is 16.0 Å². The molecule has 4 rings (SSSR count). The Bertz CT molecular complexity index is 1070. The Labute approximate surface area is 196 Å². The van der Waals surface area contributed by atoms with E-state index in [1.807, 2.05) is 11.9 Å². The number of nitrogens with one attached hydrogen (secondary N) is 2. The first-order chi connectivity index (χ1) is 16.3. The number of benzene rings is 1. The number of carbonyl (C=O) groups is 2. The molecule has 180 valence electrons. The number of amides is 2. The first-order valence-electron chi connectivity index (χ1n) is 11.2. The molecule has 0 radical (unpaired) electrons. The maximum absolute atomic E-state index is 12.7. The van der Waals surface area contributed by atoms with E-state index in [2.05, 4.69) is 25.5 Å². The number of likely N-dealkylation sites (N-methyl/N-ethyl adjacent to an activating group) is 1. The Morgan fingerprint density at radius 1 is 1.15 bits per heavy atom. The molecule has 2 aromatic rings. The lowest BCUT2D eigenvalue weighted by Crippen LogP contribution is -2.47. The van der Waals surface area contributed by atoms with Crippen LogP contribution in [0.1, 0.15) is 29.6 Å². The van der Waals surface area contributed by atoms with Gasteiger partial charge in [0.05, 0.1) is 10.8 Å². The fourth-order valence-electron chi connectivity index (χ4n) is 4.34. The molecule has 0 spiro atoms. The number of rotatable bonds is 7. The van der Waals surface area contributed by atoms with Crippen molar-refractivity contribution in [2.24, 2.45) is 11.7 Å². The Morgan fingerprint density at radius 3 is 2.50 bits per heavy atom. The highest BCUT2D eigenvalue weighted by Gasteiger charge is 2.33. The van der Waals surface area contributed by atoms with Gasteiger partial charge in [0.25, 0.3) is 5.91 Å². The minimum absolute atomic E-state index is 0.0155. The zero-order chi connectivity index (χ0) is 24.2. The van der Waals surface area contributed by atoms with Crippen molar-refractivity contribution < 1.29 is 14.5 Å². The van der Waals surface area contributed by atoms with Crippen molar-refractivity contribution in [1.29, 1.82) is 0 Å². The summed E-state index contributed by atoms with van der Waals surface area (Å²) < 4.78 is 0. The molecular weight excluding hydrogens is 440 g/mol. The summed E-state index contributed by atoms with van der Waals surface area (Å²) in [7, 11) is 2.04. The molecule has 1 aliphatic carbocycles. The lowest BCUT2D eigenvalue weighted by atomic mass is 10.0. The van der Waals surface area contributed by atoms with Gasteiger partial charge in [0.2, 0.25) is 17.7 Å². The second-order valence-corrected chi connectivity index (χ2v) is 8.67.